The molecular weight excluding hydrogens is 426 g/mol. The third-order valence-electron chi connectivity index (χ3n) is 6.05. The van der Waals surface area contributed by atoms with Gasteiger partial charge in [0.15, 0.2) is 0 Å². The Balaban J connectivity index is 1.39. The van der Waals surface area contributed by atoms with E-state index in [9.17, 15) is 4.79 Å². The number of nitrogens with one attached hydrogen (secondary N) is 1. The fourth-order valence-corrected chi connectivity index (χ4v) is 4.51. The summed E-state index contributed by atoms with van der Waals surface area (Å²) in [6.45, 7) is 6.42. The molecule has 172 valence electrons. The lowest BCUT2D eigenvalue weighted by Gasteiger charge is -2.24. The number of hydrogen-bond donors (Lipinski definition) is 1. The molecule has 0 saturated carbocycles. The zero-order valence-corrected chi connectivity index (χ0v) is 19.6. The van der Waals surface area contributed by atoms with Crippen molar-refractivity contribution in [3.05, 3.63) is 94.4 Å². The first kappa shape index (κ1) is 21.8. The Kier molecular flexibility index (Phi) is 5.84. The fourth-order valence-electron chi connectivity index (χ4n) is 4.51. The molecule has 1 aliphatic heterocycles. The monoisotopic (exact) mass is 453 g/mol. The van der Waals surface area contributed by atoms with Gasteiger partial charge in [-0.25, -0.2) is 9.97 Å². The average Bonchev–Trinajstić information content (AvgIpc) is 3.15. The van der Waals surface area contributed by atoms with Gasteiger partial charge < -0.3 is 10.1 Å². The second kappa shape index (κ2) is 9.09. The molecule has 34 heavy (non-hydrogen) atoms. The molecule has 1 amide bonds. The Morgan fingerprint density at radius 1 is 1.00 bits per heavy atom. The van der Waals surface area contributed by atoms with Gasteiger partial charge in [-0.05, 0) is 50.1 Å². The minimum absolute atomic E-state index is 0.0498. The molecule has 1 unspecified atom stereocenters. The van der Waals surface area contributed by atoms with Crippen LogP contribution < -0.4 is 10.1 Å². The highest BCUT2D eigenvalue weighted by Gasteiger charge is 2.33. The summed E-state index contributed by atoms with van der Waals surface area (Å²) < 4.78 is 7.59. The van der Waals surface area contributed by atoms with Crippen molar-refractivity contribution in [3.8, 4) is 11.7 Å². The molecule has 2 aromatic carbocycles. The first-order valence-electron chi connectivity index (χ1n) is 11.5. The number of aryl methyl sites for hydroxylation is 3. The number of fused-ring (bicyclic) bond motifs is 1. The minimum atomic E-state index is -0.0956. The number of benzene rings is 2. The summed E-state index contributed by atoms with van der Waals surface area (Å²) in [7, 11) is 0. The lowest BCUT2D eigenvalue weighted by Crippen LogP contribution is -2.25. The van der Waals surface area contributed by atoms with Gasteiger partial charge in [0.1, 0.15) is 11.6 Å². The first-order valence-corrected chi connectivity index (χ1v) is 11.5. The summed E-state index contributed by atoms with van der Waals surface area (Å²) in [6, 6.07) is 20.2. The van der Waals surface area contributed by atoms with Gasteiger partial charge >= 0.3 is 0 Å². The van der Waals surface area contributed by atoms with Crippen molar-refractivity contribution in [1.82, 2.24) is 19.7 Å². The SMILES string of the molecule is Cc1cc(C)nc(-n2nc(C)c3c2NC(=O)CC3c2ccc(OCCc3ccccc3)cc2)n1. The number of anilines is 1. The van der Waals surface area contributed by atoms with E-state index < -0.39 is 0 Å². The summed E-state index contributed by atoms with van der Waals surface area (Å²) in [4.78, 5) is 21.7. The van der Waals surface area contributed by atoms with Crippen LogP contribution in [0.25, 0.3) is 5.95 Å². The maximum atomic E-state index is 12.7. The molecule has 4 aromatic rings. The molecule has 0 spiro atoms. The Bertz CT molecular complexity index is 1310. The second-order valence-electron chi connectivity index (χ2n) is 8.67. The van der Waals surface area contributed by atoms with Gasteiger partial charge in [-0.3, -0.25) is 4.79 Å². The lowest BCUT2D eigenvalue weighted by atomic mass is 9.86. The van der Waals surface area contributed by atoms with Gasteiger partial charge in [-0.2, -0.15) is 9.78 Å². The molecule has 7 nitrogen and oxygen atoms in total. The minimum Gasteiger partial charge on any atom is -0.493 e. The normalized spacial score (nSPS) is 15.0. The van der Waals surface area contributed by atoms with Crippen LogP contribution in [0, 0.1) is 20.8 Å². The molecule has 0 radical (unpaired) electrons. The standard InChI is InChI=1S/C27H27N5O2/c1-17-15-18(2)29-27(28-17)32-26-25(19(3)31-32)23(16-24(33)30-26)21-9-11-22(12-10-21)34-14-13-20-7-5-4-6-8-20/h4-12,15,23H,13-14,16H2,1-3H3,(H,30,33). The highest BCUT2D eigenvalue weighted by molar-refractivity contribution is 5.95. The largest absolute Gasteiger partial charge is 0.493 e. The topological polar surface area (TPSA) is 81.9 Å². The van der Waals surface area contributed by atoms with E-state index in [4.69, 9.17) is 9.84 Å². The van der Waals surface area contributed by atoms with Crippen molar-refractivity contribution >= 4 is 11.7 Å². The molecule has 5 rings (SSSR count). The van der Waals surface area contributed by atoms with E-state index in [0.29, 0.717) is 24.8 Å². The number of amides is 1. The van der Waals surface area contributed by atoms with Crippen molar-refractivity contribution in [2.45, 2.75) is 39.5 Å². The van der Waals surface area contributed by atoms with Crippen molar-refractivity contribution < 1.29 is 9.53 Å². The quantitative estimate of drug-likeness (QED) is 0.458. The van der Waals surface area contributed by atoms with E-state index in [0.717, 1.165) is 40.4 Å². The van der Waals surface area contributed by atoms with Gasteiger partial charge in [0, 0.05) is 35.7 Å². The molecule has 0 saturated heterocycles. The maximum Gasteiger partial charge on any atom is 0.252 e. The van der Waals surface area contributed by atoms with Crippen molar-refractivity contribution in [1.29, 1.82) is 0 Å². The summed E-state index contributed by atoms with van der Waals surface area (Å²) >= 11 is 0. The zero-order chi connectivity index (χ0) is 23.7. The van der Waals surface area contributed by atoms with Crippen LogP contribution >= 0.6 is 0 Å². The number of carbonyl (C=O) groups excluding carboxylic acids is 1. The summed E-state index contributed by atoms with van der Waals surface area (Å²) in [5.41, 5.74) is 5.86. The Morgan fingerprint density at radius 2 is 1.71 bits per heavy atom. The highest BCUT2D eigenvalue weighted by atomic mass is 16.5. The van der Waals surface area contributed by atoms with Gasteiger partial charge in [0.25, 0.3) is 5.95 Å². The number of ether oxygens (including phenoxy) is 1. The second-order valence-corrected chi connectivity index (χ2v) is 8.67. The van der Waals surface area contributed by atoms with Gasteiger partial charge in [0.2, 0.25) is 5.91 Å². The van der Waals surface area contributed by atoms with Crippen LogP contribution in [0.1, 0.15) is 46.1 Å². The van der Waals surface area contributed by atoms with Crippen LogP contribution in [0.2, 0.25) is 0 Å². The molecule has 0 aliphatic carbocycles. The number of aromatic nitrogens is 4. The molecule has 0 bridgehead atoms. The van der Waals surface area contributed by atoms with E-state index in [2.05, 4.69) is 27.4 Å². The molecule has 7 heteroatoms. The van der Waals surface area contributed by atoms with E-state index in [-0.39, 0.29) is 11.8 Å². The Labute approximate surface area is 198 Å². The molecule has 3 heterocycles. The van der Waals surface area contributed by atoms with Crippen LogP contribution in [-0.4, -0.2) is 32.3 Å². The van der Waals surface area contributed by atoms with Crippen molar-refractivity contribution in [2.75, 3.05) is 11.9 Å². The molecule has 1 aliphatic rings. The lowest BCUT2D eigenvalue weighted by molar-refractivity contribution is -0.116. The summed E-state index contributed by atoms with van der Waals surface area (Å²) in [5.74, 6) is 1.78. The van der Waals surface area contributed by atoms with E-state index in [1.807, 2.05) is 69.3 Å². The molecule has 1 atom stereocenters. The third kappa shape index (κ3) is 4.41. The molecule has 1 N–H and O–H groups in total. The van der Waals surface area contributed by atoms with Crippen LogP contribution in [-0.2, 0) is 11.2 Å². The third-order valence-corrected chi connectivity index (χ3v) is 6.05. The van der Waals surface area contributed by atoms with E-state index in [1.54, 1.807) is 4.68 Å². The number of hydrogen-bond acceptors (Lipinski definition) is 5. The van der Waals surface area contributed by atoms with Crippen molar-refractivity contribution in [3.63, 3.8) is 0 Å². The van der Waals surface area contributed by atoms with Gasteiger partial charge in [-0.1, -0.05) is 42.5 Å². The van der Waals surface area contributed by atoms with Gasteiger partial charge in [0.05, 0.1) is 12.3 Å². The molecular formula is C27H27N5O2. The molecule has 0 fully saturated rings. The van der Waals surface area contributed by atoms with E-state index in [1.165, 1.54) is 5.56 Å². The highest BCUT2D eigenvalue weighted by Crippen LogP contribution is 2.40. The Hall–Kier alpha value is -4.00. The number of carbonyl (C=O) groups is 1. The number of nitrogens with zero attached hydrogens (tertiary/aromatic N) is 4. The zero-order valence-electron chi connectivity index (χ0n) is 19.6. The summed E-state index contributed by atoms with van der Waals surface area (Å²) in [6.07, 6.45) is 1.22. The van der Waals surface area contributed by atoms with Crippen LogP contribution in [0.5, 0.6) is 5.75 Å². The maximum absolute atomic E-state index is 12.7. The van der Waals surface area contributed by atoms with Crippen LogP contribution in [0.3, 0.4) is 0 Å². The number of rotatable bonds is 6. The average molecular weight is 454 g/mol. The van der Waals surface area contributed by atoms with E-state index >= 15 is 0 Å². The Morgan fingerprint density at radius 3 is 2.41 bits per heavy atom. The fraction of sp³-hybridized carbons (Fsp3) is 0.259. The van der Waals surface area contributed by atoms with Crippen molar-refractivity contribution in [2.24, 2.45) is 0 Å². The van der Waals surface area contributed by atoms with Crippen LogP contribution in [0.4, 0.5) is 5.82 Å². The smallest absolute Gasteiger partial charge is 0.252 e. The predicted molar refractivity (Wildman–Crippen MR) is 131 cm³/mol. The molecule has 2 aromatic heterocycles. The summed E-state index contributed by atoms with van der Waals surface area (Å²) in [5, 5.41) is 7.69. The predicted octanol–water partition coefficient (Wildman–Crippen LogP) is 4.68. The van der Waals surface area contributed by atoms with Crippen LogP contribution in [0.15, 0.2) is 60.7 Å². The first-order chi connectivity index (χ1) is 16.5. The van der Waals surface area contributed by atoms with Gasteiger partial charge in [-0.15, -0.1) is 0 Å².